The molecule has 1 aromatic carbocycles. The normalized spacial score (nSPS) is 10.7. The zero-order chi connectivity index (χ0) is 15.4. The average Bonchev–Trinajstić information content (AvgIpc) is 2.73. The van der Waals surface area contributed by atoms with Crippen molar-refractivity contribution in [2.75, 3.05) is 6.61 Å². The highest BCUT2D eigenvalue weighted by Crippen LogP contribution is 2.21. The predicted octanol–water partition coefficient (Wildman–Crippen LogP) is 2.71. The molecule has 2 rings (SSSR count). The Morgan fingerprint density at radius 3 is 2.71 bits per heavy atom. The van der Waals surface area contributed by atoms with Crippen molar-refractivity contribution >= 4 is 17.5 Å². The van der Waals surface area contributed by atoms with Crippen LogP contribution >= 0.6 is 11.6 Å². The first kappa shape index (κ1) is 15.5. The van der Waals surface area contributed by atoms with Crippen LogP contribution in [0.25, 0.3) is 0 Å². The van der Waals surface area contributed by atoms with E-state index in [0.717, 1.165) is 5.56 Å². The number of hydrogen-bond donors (Lipinski definition) is 1. The molecule has 0 aliphatic carbocycles. The molecule has 5 nitrogen and oxygen atoms in total. The number of hydrogen-bond acceptors (Lipinski definition) is 3. The number of amides is 1. The minimum absolute atomic E-state index is 0.217. The molecular formula is C14H15ClFN3O2. The van der Waals surface area contributed by atoms with Crippen LogP contribution in [0.1, 0.15) is 28.5 Å². The summed E-state index contributed by atoms with van der Waals surface area (Å²) in [5.74, 6) is -0.747. The molecule has 0 aliphatic heterocycles. The highest BCUT2D eigenvalue weighted by molar-refractivity contribution is 6.33. The Balaban J connectivity index is 2.22. The molecular weight excluding hydrogens is 297 g/mol. The number of carbonyl (C=O) groups excluding carboxylic acids is 1. The number of nitrogens with zero attached hydrogens (tertiary/aromatic N) is 2. The van der Waals surface area contributed by atoms with Crippen molar-refractivity contribution in [1.82, 2.24) is 15.3 Å². The summed E-state index contributed by atoms with van der Waals surface area (Å²) < 4.78 is 14.4. The van der Waals surface area contributed by atoms with E-state index in [1.165, 1.54) is 16.8 Å². The molecule has 0 radical (unpaired) electrons. The van der Waals surface area contributed by atoms with Crippen molar-refractivity contribution < 1.29 is 14.0 Å². The average molecular weight is 312 g/mol. The van der Waals surface area contributed by atoms with Crippen LogP contribution in [0.3, 0.4) is 0 Å². The van der Waals surface area contributed by atoms with Crippen LogP contribution in [0.15, 0.2) is 24.3 Å². The SMILES string of the molecule is CCONC(=O)c1c(C)nn(Cc2ccc(F)cc2)c1Cl. The topological polar surface area (TPSA) is 56.1 Å². The molecule has 0 saturated heterocycles. The van der Waals surface area contributed by atoms with Crippen LogP contribution in [0.2, 0.25) is 5.15 Å². The summed E-state index contributed by atoms with van der Waals surface area (Å²) in [4.78, 5) is 16.8. The highest BCUT2D eigenvalue weighted by Gasteiger charge is 2.20. The highest BCUT2D eigenvalue weighted by atomic mass is 35.5. The molecule has 0 aliphatic rings. The molecule has 1 N–H and O–H groups in total. The zero-order valence-electron chi connectivity index (χ0n) is 11.7. The minimum Gasteiger partial charge on any atom is -0.274 e. The number of hydroxylamine groups is 1. The van der Waals surface area contributed by atoms with Crippen molar-refractivity contribution in [2.24, 2.45) is 0 Å². The molecule has 0 atom stereocenters. The quantitative estimate of drug-likeness (QED) is 0.864. The van der Waals surface area contributed by atoms with Gasteiger partial charge >= 0.3 is 0 Å². The summed E-state index contributed by atoms with van der Waals surface area (Å²) in [6.45, 7) is 4.15. The standard InChI is InChI=1S/C14H15ClFN3O2/c1-3-21-18-14(20)12-9(2)17-19(13(12)15)8-10-4-6-11(16)7-5-10/h4-7H,3,8H2,1-2H3,(H,18,20). The maximum atomic E-state index is 12.9. The fourth-order valence-electron chi connectivity index (χ4n) is 1.87. The number of benzene rings is 1. The van der Waals surface area contributed by atoms with Crippen molar-refractivity contribution in [3.8, 4) is 0 Å². The van der Waals surface area contributed by atoms with Gasteiger partial charge in [-0.3, -0.25) is 9.63 Å². The zero-order valence-corrected chi connectivity index (χ0v) is 12.4. The fourth-order valence-corrected chi connectivity index (χ4v) is 2.19. The molecule has 1 aromatic heterocycles. The van der Waals surface area contributed by atoms with Gasteiger partial charge in [-0.05, 0) is 31.5 Å². The Bertz CT molecular complexity index is 640. The van der Waals surface area contributed by atoms with E-state index in [4.69, 9.17) is 16.4 Å². The Hall–Kier alpha value is -1.92. The van der Waals surface area contributed by atoms with Crippen molar-refractivity contribution in [3.63, 3.8) is 0 Å². The number of nitrogens with one attached hydrogen (secondary N) is 1. The van der Waals surface area contributed by atoms with Crippen LogP contribution in [0.4, 0.5) is 4.39 Å². The van der Waals surface area contributed by atoms with Crippen molar-refractivity contribution in [2.45, 2.75) is 20.4 Å². The fraction of sp³-hybridized carbons (Fsp3) is 0.286. The van der Waals surface area contributed by atoms with E-state index in [1.54, 1.807) is 26.0 Å². The van der Waals surface area contributed by atoms with E-state index in [1.807, 2.05) is 0 Å². The molecule has 21 heavy (non-hydrogen) atoms. The first-order valence-electron chi connectivity index (χ1n) is 6.42. The van der Waals surface area contributed by atoms with Crippen LogP contribution in [0, 0.1) is 12.7 Å². The lowest BCUT2D eigenvalue weighted by Crippen LogP contribution is -2.24. The van der Waals surface area contributed by atoms with Gasteiger partial charge < -0.3 is 0 Å². The van der Waals surface area contributed by atoms with E-state index < -0.39 is 5.91 Å². The van der Waals surface area contributed by atoms with E-state index in [9.17, 15) is 9.18 Å². The van der Waals surface area contributed by atoms with E-state index in [-0.39, 0.29) is 16.5 Å². The summed E-state index contributed by atoms with van der Waals surface area (Å²) in [6.07, 6.45) is 0. The molecule has 0 spiro atoms. The lowest BCUT2D eigenvalue weighted by atomic mass is 10.2. The maximum absolute atomic E-state index is 12.9. The van der Waals surface area contributed by atoms with Gasteiger partial charge in [0, 0.05) is 0 Å². The first-order chi connectivity index (χ1) is 10.0. The Morgan fingerprint density at radius 2 is 2.10 bits per heavy atom. The summed E-state index contributed by atoms with van der Waals surface area (Å²) in [7, 11) is 0. The summed E-state index contributed by atoms with van der Waals surface area (Å²) in [5.41, 5.74) is 3.89. The smallest absolute Gasteiger partial charge is 0.274 e. The van der Waals surface area contributed by atoms with Crippen LogP contribution in [-0.4, -0.2) is 22.3 Å². The molecule has 0 saturated carbocycles. The lowest BCUT2D eigenvalue weighted by molar-refractivity contribution is 0.0364. The van der Waals surface area contributed by atoms with Crippen molar-refractivity contribution in [1.29, 1.82) is 0 Å². The van der Waals surface area contributed by atoms with Gasteiger partial charge in [0.1, 0.15) is 16.5 Å². The Labute approximate surface area is 126 Å². The van der Waals surface area contributed by atoms with Crippen LogP contribution in [-0.2, 0) is 11.4 Å². The third-order valence-corrected chi connectivity index (χ3v) is 3.23. The van der Waals surface area contributed by atoms with Gasteiger partial charge in [-0.1, -0.05) is 23.7 Å². The predicted molar refractivity (Wildman–Crippen MR) is 76.6 cm³/mol. The molecule has 2 aromatic rings. The maximum Gasteiger partial charge on any atom is 0.279 e. The molecule has 0 unspecified atom stereocenters. The summed E-state index contributed by atoms with van der Waals surface area (Å²) in [5, 5.41) is 4.45. The van der Waals surface area contributed by atoms with Gasteiger partial charge in [0.2, 0.25) is 0 Å². The Kier molecular flexibility index (Phi) is 4.93. The third kappa shape index (κ3) is 3.59. The van der Waals surface area contributed by atoms with Gasteiger partial charge in [0.25, 0.3) is 5.91 Å². The largest absolute Gasteiger partial charge is 0.279 e. The molecule has 0 bridgehead atoms. The number of aryl methyl sites for hydroxylation is 1. The van der Waals surface area contributed by atoms with Crippen LogP contribution in [0.5, 0.6) is 0 Å². The van der Waals surface area contributed by atoms with E-state index in [0.29, 0.717) is 18.8 Å². The molecule has 1 heterocycles. The number of carbonyl (C=O) groups is 1. The number of aromatic nitrogens is 2. The van der Waals surface area contributed by atoms with Gasteiger partial charge in [-0.15, -0.1) is 0 Å². The summed E-state index contributed by atoms with van der Waals surface area (Å²) in [6, 6.07) is 6.01. The second-order valence-electron chi connectivity index (χ2n) is 4.40. The first-order valence-corrected chi connectivity index (χ1v) is 6.80. The summed E-state index contributed by atoms with van der Waals surface area (Å²) >= 11 is 6.19. The second-order valence-corrected chi connectivity index (χ2v) is 4.76. The third-order valence-electron chi connectivity index (χ3n) is 2.85. The monoisotopic (exact) mass is 311 g/mol. The minimum atomic E-state index is -0.440. The number of halogens is 2. The molecule has 1 amide bonds. The molecule has 7 heteroatoms. The van der Waals surface area contributed by atoms with Gasteiger partial charge in [-0.25, -0.2) is 14.6 Å². The van der Waals surface area contributed by atoms with Crippen LogP contribution < -0.4 is 5.48 Å². The Morgan fingerprint density at radius 1 is 1.43 bits per heavy atom. The van der Waals surface area contributed by atoms with Gasteiger partial charge in [-0.2, -0.15) is 5.10 Å². The van der Waals surface area contributed by atoms with Gasteiger partial charge in [0.15, 0.2) is 0 Å². The molecule has 112 valence electrons. The van der Waals surface area contributed by atoms with E-state index >= 15 is 0 Å². The second kappa shape index (κ2) is 6.69. The van der Waals surface area contributed by atoms with Gasteiger partial charge in [0.05, 0.1) is 18.8 Å². The lowest BCUT2D eigenvalue weighted by Gasteiger charge is -2.05. The van der Waals surface area contributed by atoms with E-state index in [2.05, 4.69) is 10.6 Å². The van der Waals surface area contributed by atoms with Crippen molar-refractivity contribution in [3.05, 3.63) is 52.1 Å². The molecule has 0 fully saturated rings. The number of rotatable bonds is 5.